The van der Waals surface area contributed by atoms with Gasteiger partial charge >= 0.3 is 12.0 Å². The number of carbonyl (C=O) groups excluding carboxylic acids is 1. The molecule has 0 aromatic heterocycles. The van der Waals surface area contributed by atoms with Crippen LogP contribution >= 0.6 is 0 Å². The highest BCUT2D eigenvalue weighted by atomic mass is 16.4. The predicted molar refractivity (Wildman–Crippen MR) is 80.7 cm³/mol. The molecule has 116 valence electrons. The number of rotatable bonds is 5. The Hall–Kier alpha value is -2.24. The molecule has 0 fully saturated rings. The van der Waals surface area contributed by atoms with E-state index in [1.54, 1.807) is 32.9 Å². The summed E-state index contributed by atoms with van der Waals surface area (Å²) in [5.41, 5.74) is 1.38. The third kappa shape index (κ3) is 4.11. The Morgan fingerprint density at radius 1 is 1.33 bits per heavy atom. The second-order valence-electron chi connectivity index (χ2n) is 5.22. The number of nitrogens with one attached hydrogen (secondary N) is 1. The number of carbonyl (C=O) groups is 2. The van der Waals surface area contributed by atoms with Gasteiger partial charge in [-0.05, 0) is 31.4 Å². The van der Waals surface area contributed by atoms with Crippen LogP contribution in [0.4, 0.5) is 10.5 Å². The lowest BCUT2D eigenvalue weighted by Crippen LogP contribution is -2.50. The second-order valence-corrected chi connectivity index (χ2v) is 5.22. The van der Waals surface area contributed by atoms with Crippen LogP contribution in [0.1, 0.15) is 26.3 Å². The fourth-order valence-electron chi connectivity index (χ4n) is 2.04. The molecule has 0 heterocycles. The van der Waals surface area contributed by atoms with Gasteiger partial charge in [0, 0.05) is 12.6 Å². The maximum atomic E-state index is 12.3. The molecule has 1 aromatic carbocycles. The zero-order valence-electron chi connectivity index (χ0n) is 12.8. The van der Waals surface area contributed by atoms with Gasteiger partial charge in [-0.3, -0.25) is 4.90 Å². The van der Waals surface area contributed by atoms with Crippen molar-refractivity contribution in [2.45, 2.75) is 33.7 Å². The van der Waals surface area contributed by atoms with Crippen molar-refractivity contribution in [1.82, 2.24) is 5.32 Å². The molecule has 6 heteroatoms. The van der Waals surface area contributed by atoms with Crippen molar-refractivity contribution in [1.29, 1.82) is 0 Å². The van der Waals surface area contributed by atoms with E-state index in [0.29, 0.717) is 12.2 Å². The van der Waals surface area contributed by atoms with Gasteiger partial charge in [0.15, 0.2) is 0 Å². The Morgan fingerprint density at radius 3 is 2.43 bits per heavy atom. The first-order valence-corrected chi connectivity index (χ1v) is 6.88. The largest absolute Gasteiger partial charge is 0.508 e. The molecule has 0 aliphatic rings. The van der Waals surface area contributed by atoms with Crippen LogP contribution in [-0.4, -0.2) is 34.8 Å². The van der Waals surface area contributed by atoms with Gasteiger partial charge in [-0.25, -0.2) is 9.59 Å². The van der Waals surface area contributed by atoms with Crippen LogP contribution in [0.15, 0.2) is 18.2 Å². The highest BCUT2D eigenvalue weighted by Crippen LogP contribution is 2.25. The molecule has 2 amide bonds. The summed E-state index contributed by atoms with van der Waals surface area (Å²) >= 11 is 0. The van der Waals surface area contributed by atoms with Crippen LogP contribution in [0.2, 0.25) is 0 Å². The molecule has 1 aromatic rings. The Labute approximate surface area is 124 Å². The fraction of sp³-hybridized carbons (Fsp3) is 0.467. The molecule has 21 heavy (non-hydrogen) atoms. The lowest BCUT2D eigenvalue weighted by Gasteiger charge is -2.26. The SMILES string of the molecule is CCN(C(=O)N[C@H](C(=O)O)C(C)C)c1cc(O)ccc1C. The van der Waals surface area contributed by atoms with E-state index >= 15 is 0 Å². The van der Waals surface area contributed by atoms with Crippen molar-refractivity contribution < 1.29 is 19.8 Å². The number of nitrogens with zero attached hydrogens (tertiary/aromatic N) is 1. The number of hydrogen-bond acceptors (Lipinski definition) is 3. The van der Waals surface area contributed by atoms with E-state index in [-0.39, 0.29) is 11.7 Å². The van der Waals surface area contributed by atoms with Crippen LogP contribution in [0.25, 0.3) is 0 Å². The van der Waals surface area contributed by atoms with E-state index in [1.165, 1.54) is 11.0 Å². The van der Waals surface area contributed by atoms with Crippen molar-refractivity contribution in [2.24, 2.45) is 5.92 Å². The van der Waals surface area contributed by atoms with Gasteiger partial charge in [-0.2, -0.15) is 0 Å². The van der Waals surface area contributed by atoms with Gasteiger partial charge < -0.3 is 15.5 Å². The van der Waals surface area contributed by atoms with Gasteiger partial charge in [-0.15, -0.1) is 0 Å². The molecule has 0 radical (unpaired) electrons. The van der Waals surface area contributed by atoms with Crippen molar-refractivity contribution in [2.75, 3.05) is 11.4 Å². The van der Waals surface area contributed by atoms with Crippen molar-refractivity contribution in [3.8, 4) is 5.75 Å². The molecule has 0 spiro atoms. The summed E-state index contributed by atoms with van der Waals surface area (Å²) < 4.78 is 0. The number of aliphatic carboxylic acids is 1. The summed E-state index contributed by atoms with van der Waals surface area (Å²) in [6.45, 7) is 7.43. The Balaban J connectivity index is 3.01. The molecule has 0 saturated carbocycles. The number of phenolic OH excluding ortho intramolecular Hbond substituents is 1. The first-order valence-electron chi connectivity index (χ1n) is 6.88. The lowest BCUT2D eigenvalue weighted by molar-refractivity contribution is -0.140. The van der Waals surface area contributed by atoms with Crippen LogP contribution in [0, 0.1) is 12.8 Å². The Kier molecular flexibility index (Phi) is 5.58. The van der Waals surface area contributed by atoms with E-state index in [9.17, 15) is 14.7 Å². The highest BCUT2D eigenvalue weighted by Gasteiger charge is 2.26. The van der Waals surface area contributed by atoms with E-state index in [0.717, 1.165) is 5.56 Å². The molecule has 0 unspecified atom stereocenters. The van der Waals surface area contributed by atoms with Crippen molar-refractivity contribution >= 4 is 17.7 Å². The summed E-state index contributed by atoms with van der Waals surface area (Å²) in [6, 6.07) is 3.29. The number of phenols is 1. The van der Waals surface area contributed by atoms with E-state index < -0.39 is 18.0 Å². The smallest absolute Gasteiger partial charge is 0.326 e. The van der Waals surface area contributed by atoms with E-state index in [1.807, 2.05) is 6.92 Å². The average molecular weight is 294 g/mol. The topological polar surface area (TPSA) is 89.9 Å². The molecular weight excluding hydrogens is 272 g/mol. The second kappa shape index (κ2) is 6.97. The molecule has 6 nitrogen and oxygen atoms in total. The number of aryl methyl sites for hydroxylation is 1. The minimum atomic E-state index is -1.07. The molecule has 0 bridgehead atoms. The molecule has 0 aliphatic heterocycles. The average Bonchev–Trinajstić information content (AvgIpc) is 2.40. The van der Waals surface area contributed by atoms with E-state index in [4.69, 9.17) is 5.11 Å². The maximum absolute atomic E-state index is 12.3. The lowest BCUT2D eigenvalue weighted by atomic mass is 10.1. The molecule has 0 saturated heterocycles. The molecule has 1 atom stereocenters. The Morgan fingerprint density at radius 2 is 1.95 bits per heavy atom. The molecular formula is C15H22N2O4. The summed E-state index contributed by atoms with van der Waals surface area (Å²) in [5.74, 6) is -1.24. The summed E-state index contributed by atoms with van der Waals surface area (Å²) in [6.07, 6.45) is 0. The standard InChI is InChI=1S/C15H22N2O4/c1-5-17(12-8-11(18)7-6-10(12)4)15(21)16-13(9(2)3)14(19)20/h6-9,13,18H,5H2,1-4H3,(H,16,21)(H,19,20)/t13-/m0/s1. The highest BCUT2D eigenvalue weighted by molar-refractivity contribution is 5.95. The minimum absolute atomic E-state index is 0.0560. The predicted octanol–water partition coefficient (Wildman–Crippen LogP) is 2.35. The third-order valence-corrected chi connectivity index (χ3v) is 3.26. The summed E-state index contributed by atoms with van der Waals surface area (Å²) in [7, 11) is 0. The first kappa shape index (κ1) is 16.8. The fourth-order valence-corrected chi connectivity index (χ4v) is 2.04. The molecule has 0 aliphatic carbocycles. The van der Waals surface area contributed by atoms with Gasteiger partial charge in [0.25, 0.3) is 0 Å². The van der Waals surface area contributed by atoms with Crippen LogP contribution in [-0.2, 0) is 4.79 Å². The number of hydrogen-bond donors (Lipinski definition) is 3. The number of benzene rings is 1. The zero-order chi connectivity index (χ0) is 16.2. The summed E-state index contributed by atoms with van der Waals surface area (Å²) in [4.78, 5) is 24.9. The van der Waals surface area contributed by atoms with Crippen LogP contribution in [0.5, 0.6) is 5.75 Å². The Bertz CT molecular complexity index is 528. The van der Waals surface area contributed by atoms with Crippen LogP contribution < -0.4 is 10.2 Å². The quantitative estimate of drug-likeness (QED) is 0.777. The normalized spacial score (nSPS) is 12.0. The maximum Gasteiger partial charge on any atom is 0.326 e. The van der Waals surface area contributed by atoms with Crippen LogP contribution in [0.3, 0.4) is 0 Å². The van der Waals surface area contributed by atoms with Crippen molar-refractivity contribution in [3.63, 3.8) is 0 Å². The van der Waals surface area contributed by atoms with Gasteiger partial charge in [0.05, 0.1) is 5.69 Å². The number of urea groups is 1. The summed E-state index contributed by atoms with van der Waals surface area (Å²) in [5, 5.41) is 21.2. The molecule has 1 rings (SSSR count). The third-order valence-electron chi connectivity index (χ3n) is 3.26. The number of carboxylic acids is 1. The minimum Gasteiger partial charge on any atom is -0.508 e. The van der Waals surface area contributed by atoms with E-state index in [2.05, 4.69) is 5.32 Å². The number of aromatic hydroxyl groups is 1. The number of amides is 2. The van der Waals surface area contributed by atoms with Gasteiger partial charge in [0.2, 0.25) is 0 Å². The number of carboxylic acid groups (broad SMARTS) is 1. The molecule has 3 N–H and O–H groups in total. The van der Waals surface area contributed by atoms with Gasteiger partial charge in [-0.1, -0.05) is 19.9 Å². The van der Waals surface area contributed by atoms with Crippen molar-refractivity contribution in [3.05, 3.63) is 23.8 Å². The number of anilines is 1. The first-order chi connectivity index (χ1) is 9.77. The zero-order valence-corrected chi connectivity index (χ0v) is 12.8. The monoisotopic (exact) mass is 294 g/mol. The van der Waals surface area contributed by atoms with Gasteiger partial charge in [0.1, 0.15) is 11.8 Å².